The Bertz CT molecular complexity index is 447. The maximum absolute atomic E-state index is 11.5. The number of hydrogen-bond acceptors (Lipinski definition) is 5. The first-order valence-electron chi connectivity index (χ1n) is 5.45. The summed E-state index contributed by atoms with van der Waals surface area (Å²) in [6.07, 6.45) is 3.07. The number of carbonyl (C=O) groups is 2. The van der Waals surface area contributed by atoms with E-state index in [1.807, 2.05) is 0 Å². The number of halogens is 2. The molecule has 1 aromatic heterocycles. The lowest BCUT2D eigenvalue weighted by Gasteiger charge is -2.03. The average Bonchev–Trinajstić information content (AvgIpc) is 2.77. The molecule has 0 spiro atoms. The van der Waals surface area contributed by atoms with E-state index < -0.39 is 10.3 Å². The van der Waals surface area contributed by atoms with Gasteiger partial charge >= 0.3 is 5.97 Å². The van der Waals surface area contributed by atoms with Crippen LogP contribution in [-0.4, -0.2) is 27.7 Å². The van der Waals surface area contributed by atoms with Gasteiger partial charge in [-0.15, -0.1) is 34.5 Å². The number of ketones is 1. The van der Waals surface area contributed by atoms with Crippen molar-refractivity contribution in [2.45, 2.75) is 23.6 Å². The van der Waals surface area contributed by atoms with E-state index in [1.54, 1.807) is 5.38 Å². The minimum Gasteiger partial charge on any atom is -0.457 e. The van der Waals surface area contributed by atoms with Gasteiger partial charge in [-0.05, 0) is 18.8 Å². The second-order valence-corrected chi connectivity index (χ2v) is 6.56. The zero-order valence-corrected chi connectivity index (χ0v) is 11.7. The summed E-state index contributed by atoms with van der Waals surface area (Å²) >= 11 is 12.9. The number of esters is 1. The van der Waals surface area contributed by atoms with Gasteiger partial charge in [0.15, 0.2) is 11.6 Å². The largest absolute Gasteiger partial charge is 0.457 e. The molecule has 1 aliphatic carbocycles. The maximum atomic E-state index is 11.5. The Morgan fingerprint density at radius 3 is 2.83 bits per heavy atom. The molecular formula is C11H11Cl2NO3S. The Morgan fingerprint density at radius 1 is 1.56 bits per heavy atom. The third-order valence-corrected chi connectivity index (χ3v) is 4.43. The van der Waals surface area contributed by atoms with Crippen molar-refractivity contribution in [2.75, 3.05) is 6.61 Å². The molecule has 1 saturated carbocycles. The van der Waals surface area contributed by atoms with E-state index in [9.17, 15) is 9.59 Å². The van der Waals surface area contributed by atoms with Crippen molar-refractivity contribution in [3.63, 3.8) is 0 Å². The van der Waals surface area contributed by atoms with E-state index >= 15 is 0 Å². The van der Waals surface area contributed by atoms with E-state index in [4.69, 9.17) is 27.9 Å². The summed E-state index contributed by atoms with van der Waals surface area (Å²) in [6, 6.07) is 0. The minimum atomic E-state index is -0.670. The molecule has 0 bridgehead atoms. The molecule has 0 N–H and O–H groups in total. The maximum Gasteiger partial charge on any atom is 0.306 e. The number of alkyl halides is 2. The molecule has 7 heteroatoms. The van der Waals surface area contributed by atoms with E-state index in [-0.39, 0.29) is 24.7 Å². The highest BCUT2D eigenvalue weighted by atomic mass is 35.5. The fraction of sp³-hybridized carbons (Fsp3) is 0.545. The highest BCUT2D eigenvalue weighted by molar-refractivity contribution is 7.11. The molecule has 0 aromatic carbocycles. The van der Waals surface area contributed by atoms with Crippen molar-refractivity contribution in [1.29, 1.82) is 0 Å². The van der Waals surface area contributed by atoms with Gasteiger partial charge in [0.05, 0.1) is 0 Å². The van der Waals surface area contributed by atoms with Gasteiger partial charge in [0, 0.05) is 18.0 Å². The summed E-state index contributed by atoms with van der Waals surface area (Å²) in [6.45, 7) is -0.260. The number of thiazole rings is 1. The third kappa shape index (κ3) is 3.67. The molecule has 18 heavy (non-hydrogen) atoms. The van der Waals surface area contributed by atoms with Gasteiger partial charge in [-0.3, -0.25) is 9.59 Å². The molecule has 0 aliphatic heterocycles. The molecule has 1 aromatic rings. The van der Waals surface area contributed by atoms with Crippen LogP contribution in [0.4, 0.5) is 0 Å². The number of hydrogen-bond donors (Lipinski definition) is 0. The first kappa shape index (κ1) is 13.8. The van der Waals surface area contributed by atoms with E-state index in [0.29, 0.717) is 17.8 Å². The number of ether oxygens (including phenoxy) is 1. The van der Waals surface area contributed by atoms with Crippen molar-refractivity contribution >= 4 is 46.3 Å². The summed E-state index contributed by atoms with van der Waals surface area (Å²) in [5.41, 5.74) is 0. The van der Waals surface area contributed by atoms with Gasteiger partial charge < -0.3 is 4.74 Å². The number of nitrogens with zero attached hydrogens (tertiary/aromatic N) is 1. The van der Waals surface area contributed by atoms with Crippen LogP contribution in [0.2, 0.25) is 0 Å². The van der Waals surface area contributed by atoms with Crippen LogP contribution >= 0.6 is 34.5 Å². The molecule has 1 unspecified atom stereocenters. The van der Waals surface area contributed by atoms with Crippen LogP contribution in [0, 0.1) is 5.92 Å². The highest BCUT2D eigenvalue weighted by Crippen LogP contribution is 2.55. The van der Waals surface area contributed by atoms with Crippen molar-refractivity contribution in [3.8, 4) is 0 Å². The summed E-state index contributed by atoms with van der Waals surface area (Å²) in [5.74, 6) is -0.534. The molecule has 4 nitrogen and oxygen atoms in total. The van der Waals surface area contributed by atoms with Gasteiger partial charge in [-0.1, -0.05) is 0 Å². The van der Waals surface area contributed by atoms with Crippen LogP contribution in [0.3, 0.4) is 0 Å². The van der Waals surface area contributed by atoms with Crippen molar-refractivity contribution in [2.24, 2.45) is 5.92 Å². The topological polar surface area (TPSA) is 56.3 Å². The number of Topliss-reactive ketones (excluding diaryl/α,β-unsaturated/α-hetero) is 1. The quantitative estimate of drug-likeness (QED) is 0.461. The summed E-state index contributed by atoms with van der Waals surface area (Å²) in [4.78, 5) is 26.7. The van der Waals surface area contributed by atoms with Crippen molar-refractivity contribution in [3.05, 3.63) is 16.6 Å². The van der Waals surface area contributed by atoms with Crippen LogP contribution in [0.15, 0.2) is 11.6 Å². The molecule has 0 radical (unpaired) electrons. The van der Waals surface area contributed by atoms with Crippen molar-refractivity contribution < 1.29 is 14.3 Å². The Hall–Kier alpha value is -0.650. The summed E-state index contributed by atoms with van der Waals surface area (Å²) in [5, 5.41) is 2.05. The fourth-order valence-electron chi connectivity index (χ4n) is 1.52. The molecule has 1 heterocycles. The number of aromatic nitrogens is 1. The van der Waals surface area contributed by atoms with Gasteiger partial charge in [0.25, 0.3) is 0 Å². The molecule has 0 amide bonds. The monoisotopic (exact) mass is 307 g/mol. The lowest BCUT2D eigenvalue weighted by Crippen LogP contribution is -2.14. The van der Waals surface area contributed by atoms with E-state index in [1.165, 1.54) is 17.5 Å². The fourth-order valence-corrected chi connectivity index (χ4v) is 2.67. The predicted molar refractivity (Wildman–Crippen MR) is 69.2 cm³/mol. The average molecular weight is 308 g/mol. The van der Waals surface area contributed by atoms with Crippen LogP contribution in [-0.2, 0) is 9.53 Å². The highest BCUT2D eigenvalue weighted by Gasteiger charge is 2.51. The lowest BCUT2D eigenvalue weighted by atomic mass is 10.2. The van der Waals surface area contributed by atoms with Crippen LogP contribution in [0.1, 0.15) is 29.1 Å². The zero-order chi connectivity index (χ0) is 13.2. The SMILES string of the molecule is O=C(CCC1CC1(Cl)Cl)OCC(=O)c1nccs1. The van der Waals surface area contributed by atoms with Gasteiger partial charge in [0.2, 0.25) is 5.78 Å². The molecule has 1 atom stereocenters. The predicted octanol–water partition coefficient (Wildman–Crippen LogP) is 2.84. The van der Waals surface area contributed by atoms with Crippen LogP contribution in [0.5, 0.6) is 0 Å². The third-order valence-electron chi connectivity index (χ3n) is 2.69. The number of rotatable bonds is 6. The molecule has 0 saturated heterocycles. The van der Waals surface area contributed by atoms with Gasteiger partial charge in [-0.25, -0.2) is 4.98 Å². The second kappa shape index (κ2) is 5.55. The van der Waals surface area contributed by atoms with Crippen molar-refractivity contribution in [1.82, 2.24) is 4.98 Å². The Morgan fingerprint density at radius 2 is 2.28 bits per heavy atom. The normalized spacial score (nSPS) is 20.4. The zero-order valence-electron chi connectivity index (χ0n) is 9.40. The minimum absolute atomic E-state index is 0.156. The Balaban J connectivity index is 1.65. The van der Waals surface area contributed by atoms with Gasteiger partial charge in [-0.2, -0.15) is 0 Å². The van der Waals surface area contributed by atoms with E-state index in [2.05, 4.69) is 4.98 Å². The lowest BCUT2D eigenvalue weighted by molar-refractivity contribution is -0.142. The second-order valence-electron chi connectivity index (χ2n) is 4.12. The molecule has 98 valence electrons. The Labute approximate surface area is 118 Å². The summed E-state index contributed by atoms with van der Waals surface area (Å²) in [7, 11) is 0. The Kier molecular flexibility index (Phi) is 4.25. The standard InChI is InChI=1S/C11H11Cl2NO3S/c12-11(13)5-7(11)1-2-9(16)17-6-8(15)10-14-3-4-18-10/h3-4,7H,1-2,5-6H2. The van der Waals surface area contributed by atoms with Crippen LogP contribution in [0.25, 0.3) is 0 Å². The smallest absolute Gasteiger partial charge is 0.306 e. The molecule has 1 fully saturated rings. The van der Waals surface area contributed by atoms with Gasteiger partial charge in [0.1, 0.15) is 4.33 Å². The molecule has 1 aliphatic rings. The first-order chi connectivity index (χ1) is 8.49. The first-order valence-corrected chi connectivity index (χ1v) is 7.09. The summed E-state index contributed by atoms with van der Waals surface area (Å²) < 4.78 is 4.20. The van der Waals surface area contributed by atoms with E-state index in [0.717, 1.165) is 0 Å². The number of carbonyl (C=O) groups excluding carboxylic acids is 2. The van der Waals surface area contributed by atoms with Crippen LogP contribution < -0.4 is 0 Å². The molecule has 2 rings (SSSR count). The molecular weight excluding hydrogens is 297 g/mol.